The molecule has 1 heterocycles. The van der Waals surface area contributed by atoms with Crippen LogP contribution >= 0.6 is 0 Å². The molecular formula is C15H13F2NO2. The summed E-state index contributed by atoms with van der Waals surface area (Å²) in [5, 5.41) is 0. The molecule has 2 aromatic rings. The standard InChI is InChI=1S/C15H13F2NO2/c1-10(13-4-2-3-9-18-13)14(19)11-5-7-12(8-6-11)20-15(16)17/h2-10,15H,1H3. The third kappa shape index (κ3) is 3.38. The summed E-state index contributed by atoms with van der Waals surface area (Å²) in [5.41, 5.74) is 1.11. The second-order valence-corrected chi connectivity index (χ2v) is 4.24. The molecule has 1 unspecified atom stereocenters. The van der Waals surface area contributed by atoms with Gasteiger partial charge in [-0.05, 0) is 43.3 Å². The summed E-state index contributed by atoms with van der Waals surface area (Å²) in [7, 11) is 0. The van der Waals surface area contributed by atoms with Gasteiger partial charge in [0.15, 0.2) is 5.78 Å². The number of pyridine rings is 1. The number of ether oxygens (including phenoxy) is 1. The van der Waals surface area contributed by atoms with E-state index < -0.39 is 12.5 Å². The summed E-state index contributed by atoms with van der Waals surface area (Å²) in [5.74, 6) is -0.479. The normalized spacial score (nSPS) is 12.2. The number of Topliss-reactive ketones (excluding diaryl/α,β-unsaturated/α-hetero) is 1. The van der Waals surface area contributed by atoms with E-state index >= 15 is 0 Å². The smallest absolute Gasteiger partial charge is 0.387 e. The first kappa shape index (κ1) is 14.1. The maximum absolute atomic E-state index is 12.2. The summed E-state index contributed by atoms with van der Waals surface area (Å²) in [4.78, 5) is 16.4. The summed E-state index contributed by atoms with van der Waals surface area (Å²) >= 11 is 0. The van der Waals surface area contributed by atoms with E-state index in [1.165, 1.54) is 24.3 Å². The van der Waals surface area contributed by atoms with Gasteiger partial charge < -0.3 is 4.74 Å². The quantitative estimate of drug-likeness (QED) is 0.783. The maximum Gasteiger partial charge on any atom is 0.387 e. The first-order valence-corrected chi connectivity index (χ1v) is 6.08. The van der Waals surface area contributed by atoms with E-state index in [2.05, 4.69) is 9.72 Å². The van der Waals surface area contributed by atoms with Crippen molar-refractivity contribution in [2.24, 2.45) is 0 Å². The maximum atomic E-state index is 12.2. The van der Waals surface area contributed by atoms with Crippen molar-refractivity contribution in [1.82, 2.24) is 4.98 Å². The highest BCUT2D eigenvalue weighted by Gasteiger charge is 2.18. The number of alkyl halides is 2. The van der Waals surface area contributed by atoms with Crippen LogP contribution in [0, 0.1) is 0 Å². The molecule has 0 amide bonds. The monoisotopic (exact) mass is 277 g/mol. The molecule has 1 aromatic carbocycles. The lowest BCUT2D eigenvalue weighted by molar-refractivity contribution is -0.0498. The molecule has 0 N–H and O–H groups in total. The molecule has 1 atom stereocenters. The Kier molecular flexibility index (Phi) is 4.40. The highest BCUT2D eigenvalue weighted by Crippen LogP contribution is 2.21. The molecule has 104 valence electrons. The molecular weight excluding hydrogens is 264 g/mol. The Labute approximate surface area is 115 Å². The third-order valence-electron chi connectivity index (χ3n) is 2.89. The Hall–Kier alpha value is -2.30. The first-order valence-electron chi connectivity index (χ1n) is 6.08. The Morgan fingerprint density at radius 3 is 2.40 bits per heavy atom. The zero-order valence-corrected chi connectivity index (χ0v) is 10.8. The van der Waals surface area contributed by atoms with Gasteiger partial charge in [-0.1, -0.05) is 6.07 Å². The number of ketones is 1. The number of rotatable bonds is 5. The van der Waals surface area contributed by atoms with Crippen LogP contribution in [0.15, 0.2) is 48.7 Å². The van der Waals surface area contributed by atoms with Crippen LogP contribution in [-0.2, 0) is 0 Å². The van der Waals surface area contributed by atoms with Gasteiger partial charge in [-0.3, -0.25) is 9.78 Å². The van der Waals surface area contributed by atoms with Crippen LogP contribution in [0.2, 0.25) is 0 Å². The summed E-state index contributed by atoms with van der Waals surface area (Å²) < 4.78 is 28.3. The van der Waals surface area contributed by atoms with E-state index in [0.29, 0.717) is 11.3 Å². The van der Waals surface area contributed by atoms with Crippen molar-refractivity contribution < 1.29 is 18.3 Å². The molecule has 0 aliphatic rings. The topological polar surface area (TPSA) is 39.2 Å². The first-order chi connectivity index (χ1) is 9.58. The van der Waals surface area contributed by atoms with Gasteiger partial charge in [0.25, 0.3) is 0 Å². The lowest BCUT2D eigenvalue weighted by Crippen LogP contribution is -2.11. The van der Waals surface area contributed by atoms with Crippen LogP contribution in [0.25, 0.3) is 0 Å². The van der Waals surface area contributed by atoms with Crippen LogP contribution in [0.4, 0.5) is 8.78 Å². The lowest BCUT2D eigenvalue weighted by atomic mass is 9.96. The van der Waals surface area contributed by atoms with Gasteiger partial charge in [-0.25, -0.2) is 0 Å². The van der Waals surface area contributed by atoms with Crippen molar-refractivity contribution in [3.05, 3.63) is 59.9 Å². The van der Waals surface area contributed by atoms with Gasteiger partial charge in [0.2, 0.25) is 0 Å². The molecule has 3 nitrogen and oxygen atoms in total. The van der Waals surface area contributed by atoms with Gasteiger partial charge in [0, 0.05) is 11.8 Å². The second kappa shape index (κ2) is 6.23. The van der Waals surface area contributed by atoms with Gasteiger partial charge in [0.1, 0.15) is 5.75 Å². The molecule has 0 aliphatic carbocycles. The molecule has 0 saturated carbocycles. The molecule has 0 aliphatic heterocycles. The van der Waals surface area contributed by atoms with Crippen LogP contribution < -0.4 is 4.74 Å². The number of halogens is 2. The zero-order chi connectivity index (χ0) is 14.5. The van der Waals surface area contributed by atoms with Crippen LogP contribution in [0.3, 0.4) is 0 Å². The molecule has 0 radical (unpaired) electrons. The highest BCUT2D eigenvalue weighted by molar-refractivity contribution is 6.00. The van der Waals surface area contributed by atoms with E-state index in [9.17, 15) is 13.6 Å². The zero-order valence-electron chi connectivity index (χ0n) is 10.8. The van der Waals surface area contributed by atoms with Crippen LogP contribution in [0.1, 0.15) is 28.9 Å². The molecule has 2 rings (SSSR count). The van der Waals surface area contributed by atoms with E-state index in [1.54, 1.807) is 25.3 Å². The Bertz CT molecular complexity index is 570. The van der Waals surface area contributed by atoms with Gasteiger partial charge in [-0.15, -0.1) is 0 Å². The average Bonchev–Trinajstić information content (AvgIpc) is 2.47. The highest BCUT2D eigenvalue weighted by atomic mass is 19.3. The molecule has 0 fully saturated rings. The van der Waals surface area contributed by atoms with Crippen molar-refractivity contribution in [3.63, 3.8) is 0 Å². The molecule has 5 heteroatoms. The molecule has 0 saturated heterocycles. The van der Waals surface area contributed by atoms with Crippen LogP contribution in [0.5, 0.6) is 5.75 Å². The lowest BCUT2D eigenvalue weighted by Gasteiger charge is -2.10. The SMILES string of the molecule is CC(C(=O)c1ccc(OC(F)F)cc1)c1ccccn1. The third-order valence-corrected chi connectivity index (χ3v) is 2.89. The van der Waals surface area contributed by atoms with Crippen molar-refractivity contribution in [3.8, 4) is 5.75 Å². The fourth-order valence-electron chi connectivity index (χ4n) is 1.82. The molecule has 0 spiro atoms. The van der Waals surface area contributed by atoms with Gasteiger partial charge in [-0.2, -0.15) is 8.78 Å². The summed E-state index contributed by atoms with van der Waals surface area (Å²) in [6, 6.07) is 11.0. The summed E-state index contributed by atoms with van der Waals surface area (Å²) in [6.07, 6.45) is 1.62. The number of benzene rings is 1. The number of hydrogen-bond acceptors (Lipinski definition) is 3. The number of carbonyl (C=O) groups is 1. The second-order valence-electron chi connectivity index (χ2n) is 4.24. The number of hydrogen-bond donors (Lipinski definition) is 0. The minimum absolute atomic E-state index is 0.0297. The number of aromatic nitrogens is 1. The van der Waals surface area contributed by atoms with Gasteiger partial charge >= 0.3 is 6.61 Å². The van der Waals surface area contributed by atoms with Gasteiger partial charge in [0.05, 0.1) is 11.6 Å². The fraction of sp³-hybridized carbons (Fsp3) is 0.200. The van der Waals surface area contributed by atoms with Crippen molar-refractivity contribution in [2.45, 2.75) is 19.5 Å². The minimum Gasteiger partial charge on any atom is -0.435 e. The van der Waals surface area contributed by atoms with E-state index in [1.807, 2.05) is 6.07 Å². The van der Waals surface area contributed by atoms with Crippen LogP contribution in [-0.4, -0.2) is 17.4 Å². The Morgan fingerprint density at radius 1 is 1.15 bits per heavy atom. The fourth-order valence-corrected chi connectivity index (χ4v) is 1.82. The summed E-state index contributed by atoms with van der Waals surface area (Å²) in [6.45, 7) is -1.11. The predicted molar refractivity (Wildman–Crippen MR) is 70.1 cm³/mol. The Balaban J connectivity index is 2.13. The average molecular weight is 277 g/mol. The van der Waals surface area contributed by atoms with E-state index in [4.69, 9.17) is 0 Å². The van der Waals surface area contributed by atoms with Crippen molar-refractivity contribution in [2.75, 3.05) is 0 Å². The number of nitrogens with zero attached hydrogens (tertiary/aromatic N) is 1. The molecule has 1 aromatic heterocycles. The van der Waals surface area contributed by atoms with Crippen molar-refractivity contribution >= 4 is 5.78 Å². The van der Waals surface area contributed by atoms with Crippen molar-refractivity contribution in [1.29, 1.82) is 0 Å². The molecule has 20 heavy (non-hydrogen) atoms. The largest absolute Gasteiger partial charge is 0.435 e. The minimum atomic E-state index is -2.87. The number of carbonyl (C=O) groups excluding carboxylic acids is 1. The molecule has 0 bridgehead atoms. The van der Waals surface area contributed by atoms with E-state index in [-0.39, 0.29) is 11.5 Å². The van der Waals surface area contributed by atoms with E-state index in [0.717, 1.165) is 0 Å². The Morgan fingerprint density at radius 2 is 1.85 bits per heavy atom. The predicted octanol–water partition coefficient (Wildman–Crippen LogP) is 3.67.